The van der Waals surface area contributed by atoms with Gasteiger partial charge >= 0.3 is 0 Å². The van der Waals surface area contributed by atoms with Crippen molar-refractivity contribution in [2.45, 2.75) is 123 Å². The van der Waals surface area contributed by atoms with Crippen LogP contribution in [0, 0.1) is 23.7 Å². The molecule has 0 spiro atoms. The SMILES string of the molecule is CCCCc1ccc(CCC2CCC(CCC3CCC(CCC)CC3)CC2)cc1. The van der Waals surface area contributed by atoms with Gasteiger partial charge in [-0.3, -0.25) is 0 Å². The Morgan fingerprint density at radius 3 is 1.38 bits per heavy atom. The number of hydrogen-bond acceptors (Lipinski definition) is 0. The number of aryl methyl sites for hydroxylation is 2. The van der Waals surface area contributed by atoms with Crippen molar-refractivity contribution < 1.29 is 0 Å². The maximum Gasteiger partial charge on any atom is -0.0276 e. The molecule has 29 heavy (non-hydrogen) atoms. The van der Waals surface area contributed by atoms with Crippen molar-refractivity contribution in [3.8, 4) is 0 Å². The van der Waals surface area contributed by atoms with Crippen LogP contribution in [0.5, 0.6) is 0 Å². The van der Waals surface area contributed by atoms with E-state index in [0.29, 0.717) is 0 Å². The van der Waals surface area contributed by atoms with Crippen LogP contribution in [0.3, 0.4) is 0 Å². The topological polar surface area (TPSA) is 0 Å². The molecule has 2 fully saturated rings. The normalized spacial score (nSPS) is 27.8. The van der Waals surface area contributed by atoms with Gasteiger partial charge in [0.2, 0.25) is 0 Å². The van der Waals surface area contributed by atoms with Crippen LogP contribution in [0.25, 0.3) is 0 Å². The number of rotatable bonds is 11. The number of unbranched alkanes of at least 4 members (excludes halogenated alkanes) is 1. The highest BCUT2D eigenvalue weighted by atomic mass is 14.3. The molecule has 3 rings (SSSR count). The van der Waals surface area contributed by atoms with Gasteiger partial charge in [0.1, 0.15) is 0 Å². The first kappa shape index (κ1) is 22.9. The maximum absolute atomic E-state index is 2.39. The Kier molecular flexibility index (Phi) is 10.1. The minimum absolute atomic E-state index is 0.996. The summed E-state index contributed by atoms with van der Waals surface area (Å²) in [5, 5.41) is 0. The summed E-state index contributed by atoms with van der Waals surface area (Å²) in [7, 11) is 0. The molecule has 164 valence electrons. The number of benzene rings is 1. The fourth-order valence-corrected chi connectivity index (χ4v) is 6.12. The minimum atomic E-state index is 0.996. The summed E-state index contributed by atoms with van der Waals surface area (Å²) >= 11 is 0. The standard InChI is InChI=1S/C29H48/c1-3-5-7-25-10-14-27(15-11-25)17-19-29-22-20-28(21-23-29)18-16-26-12-8-24(6-4-2)9-13-26/h10-11,14-15,24,26,28-29H,3-9,12-13,16-23H2,1-2H3. The van der Waals surface area contributed by atoms with Gasteiger partial charge in [0.05, 0.1) is 0 Å². The minimum Gasteiger partial charge on any atom is -0.0654 e. The van der Waals surface area contributed by atoms with Crippen LogP contribution in [-0.4, -0.2) is 0 Å². The molecule has 0 aliphatic heterocycles. The summed E-state index contributed by atoms with van der Waals surface area (Å²) in [6.45, 7) is 4.63. The molecule has 0 amide bonds. The molecule has 0 bridgehead atoms. The van der Waals surface area contributed by atoms with E-state index in [9.17, 15) is 0 Å². The van der Waals surface area contributed by atoms with E-state index in [1.54, 1.807) is 12.0 Å². The smallest absolute Gasteiger partial charge is 0.0276 e. The molecule has 0 saturated heterocycles. The molecular weight excluding hydrogens is 348 g/mol. The van der Waals surface area contributed by atoms with Gasteiger partial charge in [-0.25, -0.2) is 0 Å². The monoisotopic (exact) mass is 396 g/mol. The predicted octanol–water partition coefficient (Wildman–Crippen LogP) is 9.15. The molecule has 0 nitrogen and oxygen atoms in total. The lowest BCUT2D eigenvalue weighted by atomic mass is 9.74. The summed E-state index contributed by atoms with van der Waals surface area (Å²) in [6, 6.07) is 9.53. The second-order valence-corrected chi connectivity index (χ2v) is 10.6. The van der Waals surface area contributed by atoms with Crippen molar-refractivity contribution in [3.05, 3.63) is 35.4 Å². The highest BCUT2D eigenvalue weighted by Crippen LogP contribution is 2.38. The third kappa shape index (κ3) is 8.10. The zero-order valence-corrected chi connectivity index (χ0v) is 19.6. The summed E-state index contributed by atoms with van der Waals surface area (Å²) < 4.78 is 0. The van der Waals surface area contributed by atoms with E-state index in [0.717, 1.165) is 23.7 Å². The lowest BCUT2D eigenvalue weighted by molar-refractivity contribution is 0.209. The molecule has 0 radical (unpaired) electrons. The molecule has 2 saturated carbocycles. The van der Waals surface area contributed by atoms with Crippen LogP contribution < -0.4 is 0 Å². The van der Waals surface area contributed by atoms with E-state index in [2.05, 4.69) is 38.1 Å². The van der Waals surface area contributed by atoms with E-state index in [1.165, 1.54) is 108 Å². The Morgan fingerprint density at radius 1 is 0.517 bits per heavy atom. The lowest BCUT2D eigenvalue weighted by Crippen LogP contribution is -2.18. The average molecular weight is 397 g/mol. The molecule has 1 aromatic rings. The maximum atomic E-state index is 2.39. The second-order valence-electron chi connectivity index (χ2n) is 10.6. The Morgan fingerprint density at radius 2 is 0.931 bits per heavy atom. The molecule has 0 aromatic heterocycles. The Balaban J connectivity index is 1.27. The summed E-state index contributed by atoms with van der Waals surface area (Å²) in [4.78, 5) is 0. The van der Waals surface area contributed by atoms with Crippen molar-refractivity contribution in [2.24, 2.45) is 23.7 Å². The van der Waals surface area contributed by atoms with E-state index in [1.807, 2.05) is 0 Å². The largest absolute Gasteiger partial charge is 0.0654 e. The third-order valence-corrected chi connectivity index (χ3v) is 8.30. The van der Waals surface area contributed by atoms with Gasteiger partial charge in [0.25, 0.3) is 0 Å². The van der Waals surface area contributed by atoms with Gasteiger partial charge in [-0.2, -0.15) is 0 Å². The van der Waals surface area contributed by atoms with Crippen LogP contribution in [0.4, 0.5) is 0 Å². The first-order valence-corrected chi connectivity index (χ1v) is 13.3. The van der Waals surface area contributed by atoms with Crippen molar-refractivity contribution in [2.75, 3.05) is 0 Å². The molecule has 2 aliphatic rings. The van der Waals surface area contributed by atoms with Crippen LogP contribution in [0.1, 0.15) is 121 Å². The molecule has 0 N–H and O–H groups in total. The first-order chi connectivity index (χ1) is 14.3. The average Bonchev–Trinajstić information content (AvgIpc) is 2.77. The van der Waals surface area contributed by atoms with Crippen LogP contribution in [-0.2, 0) is 12.8 Å². The van der Waals surface area contributed by atoms with Gasteiger partial charge in [0.15, 0.2) is 0 Å². The molecule has 0 unspecified atom stereocenters. The zero-order chi connectivity index (χ0) is 20.3. The third-order valence-electron chi connectivity index (χ3n) is 8.30. The fourth-order valence-electron chi connectivity index (χ4n) is 6.12. The highest BCUT2D eigenvalue weighted by Gasteiger charge is 2.24. The Labute approximate surface area is 182 Å². The molecular formula is C29H48. The number of hydrogen-bond donors (Lipinski definition) is 0. The van der Waals surface area contributed by atoms with Crippen LogP contribution in [0.2, 0.25) is 0 Å². The van der Waals surface area contributed by atoms with E-state index >= 15 is 0 Å². The Hall–Kier alpha value is -0.780. The second kappa shape index (κ2) is 12.8. The highest BCUT2D eigenvalue weighted by molar-refractivity contribution is 5.22. The fraction of sp³-hybridized carbons (Fsp3) is 0.793. The summed E-state index contributed by atoms with van der Waals surface area (Å²) in [6.07, 6.45) is 24.7. The van der Waals surface area contributed by atoms with Crippen LogP contribution in [0.15, 0.2) is 24.3 Å². The Bertz CT molecular complexity index is 526. The summed E-state index contributed by atoms with van der Waals surface area (Å²) in [5.41, 5.74) is 3.08. The molecule has 0 heterocycles. The molecule has 0 atom stereocenters. The van der Waals surface area contributed by atoms with Gasteiger partial charge < -0.3 is 0 Å². The first-order valence-electron chi connectivity index (χ1n) is 13.3. The van der Waals surface area contributed by atoms with E-state index in [-0.39, 0.29) is 0 Å². The predicted molar refractivity (Wildman–Crippen MR) is 128 cm³/mol. The van der Waals surface area contributed by atoms with Crippen molar-refractivity contribution in [1.82, 2.24) is 0 Å². The van der Waals surface area contributed by atoms with Crippen molar-refractivity contribution in [1.29, 1.82) is 0 Å². The summed E-state index contributed by atoms with van der Waals surface area (Å²) in [5.74, 6) is 4.19. The van der Waals surface area contributed by atoms with E-state index < -0.39 is 0 Å². The van der Waals surface area contributed by atoms with Gasteiger partial charge in [0, 0.05) is 0 Å². The molecule has 2 aliphatic carbocycles. The molecule has 0 heteroatoms. The van der Waals surface area contributed by atoms with Crippen molar-refractivity contribution >= 4 is 0 Å². The van der Waals surface area contributed by atoms with Crippen LogP contribution >= 0.6 is 0 Å². The van der Waals surface area contributed by atoms with Crippen molar-refractivity contribution in [3.63, 3.8) is 0 Å². The van der Waals surface area contributed by atoms with Gasteiger partial charge in [-0.1, -0.05) is 122 Å². The van der Waals surface area contributed by atoms with Gasteiger partial charge in [-0.05, 0) is 60.5 Å². The van der Waals surface area contributed by atoms with E-state index in [4.69, 9.17) is 0 Å². The quantitative estimate of drug-likeness (QED) is 0.350. The zero-order valence-electron chi connectivity index (χ0n) is 19.6. The van der Waals surface area contributed by atoms with Gasteiger partial charge in [-0.15, -0.1) is 0 Å². The molecule has 1 aromatic carbocycles. The lowest BCUT2D eigenvalue weighted by Gasteiger charge is -2.32.